The number of amides is 1. The fourth-order valence-electron chi connectivity index (χ4n) is 6.14. The van der Waals surface area contributed by atoms with Crippen molar-refractivity contribution in [2.75, 3.05) is 13.1 Å². The second kappa shape index (κ2) is 9.56. The molecule has 3 aromatic rings. The number of carboxylic acid groups (broad SMARTS) is 1. The van der Waals surface area contributed by atoms with Gasteiger partial charge in [0.25, 0.3) is 5.91 Å². The van der Waals surface area contributed by atoms with Crippen molar-refractivity contribution in [1.29, 1.82) is 0 Å². The van der Waals surface area contributed by atoms with Crippen molar-refractivity contribution < 1.29 is 19.5 Å². The summed E-state index contributed by atoms with van der Waals surface area (Å²) >= 11 is 0. The van der Waals surface area contributed by atoms with Gasteiger partial charge in [-0.25, -0.2) is 4.79 Å². The third-order valence-corrected chi connectivity index (χ3v) is 7.98. The number of hydrogen-bond donors (Lipinski definition) is 1. The first-order chi connectivity index (χ1) is 18.1. The molecule has 5 nitrogen and oxygen atoms in total. The maximum atomic E-state index is 13.8. The number of ketones is 1. The van der Waals surface area contributed by atoms with Crippen LogP contribution in [0.2, 0.25) is 0 Å². The molecule has 1 N–H and O–H groups in total. The van der Waals surface area contributed by atoms with Gasteiger partial charge in [0.15, 0.2) is 5.78 Å². The van der Waals surface area contributed by atoms with Crippen LogP contribution in [0.4, 0.5) is 0 Å². The lowest BCUT2D eigenvalue weighted by Gasteiger charge is -2.50. The molecule has 0 aromatic heterocycles. The number of hydrogen-bond acceptors (Lipinski definition) is 3. The molecule has 3 aromatic carbocycles. The van der Waals surface area contributed by atoms with Crippen LogP contribution in [0.25, 0.3) is 5.57 Å². The largest absolute Gasteiger partial charge is 0.478 e. The zero-order valence-electron chi connectivity index (χ0n) is 21.9. The van der Waals surface area contributed by atoms with E-state index in [0.29, 0.717) is 29.8 Å². The van der Waals surface area contributed by atoms with E-state index in [2.05, 4.69) is 32.9 Å². The van der Waals surface area contributed by atoms with Crippen LogP contribution in [0, 0.1) is 10.8 Å². The van der Waals surface area contributed by atoms with Crippen LogP contribution in [0.3, 0.4) is 0 Å². The molecular formula is C33H31NO4. The van der Waals surface area contributed by atoms with Crippen LogP contribution in [-0.2, 0) is 0 Å². The van der Waals surface area contributed by atoms with E-state index in [0.717, 1.165) is 17.6 Å². The van der Waals surface area contributed by atoms with E-state index < -0.39 is 5.97 Å². The molecule has 0 fully saturated rings. The highest BCUT2D eigenvalue weighted by Gasteiger charge is 2.46. The van der Waals surface area contributed by atoms with Crippen LogP contribution in [0.5, 0.6) is 0 Å². The molecule has 38 heavy (non-hydrogen) atoms. The minimum Gasteiger partial charge on any atom is -0.478 e. The molecule has 0 spiro atoms. The number of carbonyl (C=O) groups is 3. The summed E-state index contributed by atoms with van der Waals surface area (Å²) in [6, 6.07) is 23.1. The summed E-state index contributed by atoms with van der Waals surface area (Å²) in [5, 5.41) is 9.26. The van der Waals surface area contributed by atoms with Gasteiger partial charge in [0.2, 0.25) is 0 Å². The molecule has 1 aliphatic heterocycles. The van der Waals surface area contributed by atoms with E-state index >= 15 is 0 Å². The minimum absolute atomic E-state index is 0.141. The van der Waals surface area contributed by atoms with E-state index in [9.17, 15) is 19.5 Å². The van der Waals surface area contributed by atoms with Gasteiger partial charge >= 0.3 is 5.97 Å². The monoisotopic (exact) mass is 505 g/mol. The Labute approximate surface area is 223 Å². The van der Waals surface area contributed by atoms with Crippen molar-refractivity contribution in [2.24, 2.45) is 10.8 Å². The number of carbonyl (C=O) groups excluding carboxylic acids is 2. The van der Waals surface area contributed by atoms with Gasteiger partial charge in [-0.05, 0) is 35.8 Å². The quantitative estimate of drug-likeness (QED) is 0.317. The van der Waals surface area contributed by atoms with Gasteiger partial charge in [0.05, 0.1) is 11.1 Å². The molecule has 0 saturated carbocycles. The number of aromatic carboxylic acids is 1. The van der Waals surface area contributed by atoms with Crippen molar-refractivity contribution in [3.05, 3.63) is 124 Å². The zero-order valence-corrected chi connectivity index (χ0v) is 21.9. The second-order valence-electron chi connectivity index (χ2n) is 10.9. The number of rotatable bonds is 5. The van der Waals surface area contributed by atoms with Gasteiger partial charge in [0.1, 0.15) is 0 Å². The summed E-state index contributed by atoms with van der Waals surface area (Å²) in [5.41, 5.74) is 4.59. The molecule has 1 aliphatic carbocycles. The van der Waals surface area contributed by atoms with Gasteiger partial charge in [-0.15, -0.1) is 0 Å². The van der Waals surface area contributed by atoms with Gasteiger partial charge in [-0.2, -0.15) is 0 Å². The molecule has 1 atom stereocenters. The summed E-state index contributed by atoms with van der Waals surface area (Å²) in [6.07, 6.45) is 5.16. The molecule has 1 heterocycles. The highest BCUT2D eigenvalue weighted by Crippen LogP contribution is 2.55. The summed E-state index contributed by atoms with van der Waals surface area (Å²) < 4.78 is 0. The van der Waals surface area contributed by atoms with E-state index in [1.165, 1.54) is 5.57 Å². The van der Waals surface area contributed by atoms with Crippen LogP contribution in [-0.4, -0.2) is 40.8 Å². The Hall–Kier alpha value is -4.25. The molecule has 0 unspecified atom stereocenters. The second-order valence-corrected chi connectivity index (χ2v) is 10.9. The molecule has 5 heteroatoms. The van der Waals surface area contributed by atoms with E-state index in [1.54, 1.807) is 48.5 Å². The number of nitrogens with zero attached hydrogens (tertiary/aromatic N) is 1. The van der Waals surface area contributed by atoms with Crippen molar-refractivity contribution >= 4 is 23.2 Å². The molecule has 2 aliphatic rings. The van der Waals surface area contributed by atoms with E-state index in [-0.39, 0.29) is 28.1 Å². The molecule has 5 rings (SSSR count). The summed E-state index contributed by atoms with van der Waals surface area (Å²) in [7, 11) is 0. The average molecular weight is 506 g/mol. The maximum absolute atomic E-state index is 13.8. The Morgan fingerprint density at radius 1 is 0.763 bits per heavy atom. The lowest BCUT2D eigenvalue weighted by atomic mass is 9.58. The third kappa shape index (κ3) is 4.38. The average Bonchev–Trinajstić information content (AvgIpc) is 2.92. The Bertz CT molecular complexity index is 1480. The van der Waals surface area contributed by atoms with Gasteiger partial charge in [-0.3, -0.25) is 9.59 Å². The fraction of sp³-hybridized carbons (Fsp3) is 0.242. The molecule has 0 bridgehead atoms. The zero-order chi connectivity index (χ0) is 27.1. The molecule has 192 valence electrons. The maximum Gasteiger partial charge on any atom is 0.335 e. The first-order valence-electron chi connectivity index (χ1n) is 12.9. The molecule has 0 radical (unpaired) electrons. The van der Waals surface area contributed by atoms with Crippen molar-refractivity contribution in [3.63, 3.8) is 0 Å². The van der Waals surface area contributed by atoms with Crippen molar-refractivity contribution in [2.45, 2.75) is 27.2 Å². The first-order valence-corrected chi connectivity index (χ1v) is 12.9. The minimum atomic E-state index is -0.937. The lowest BCUT2D eigenvalue weighted by Crippen LogP contribution is -2.49. The van der Waals surface area contributed by atoms with E-state index in [1.807, 2.05) is 35.2 Å². The fourth-order valence-corrected chi connectivity index (χ4v) is 6.14. The van der Waals surface area contributed by atoms with Crippen LogP contribution < -0.4 is 0 Å². The Morgan fingerprint density at radius 2 is 1.39 bits per heavy atom. The molecule has 0 saturated heterocycles. The number of allylic oxidation sites excluding steroid dienone is 2. The Morgan fingerprint density at radius 3 is 2.05 bits per heavy atom. The van der Waals surface area contributed by atoms with Crippen molar-refractivity contribution in [1.82, 2.24) is 4.90 Å². The van der Waals surface area contributed by atoms with Crippen LogP contribution in [0.1, 0.15) is 69.4 Å². The standard InChI is InChI=1S/C33H31NO4/c1-32(2)27(22-13-15-24(16-14-22)31(37)38)17-19-33(3)21-34(20-18-28(32)33)30(36)26-12-8-7-11-25(26)29(35)23-9-5-4-6-10-23/h4-18H,19-21H2,1-3H3,(H,37,38)/t33-/m1/s1. The molecule has 1 amide bonds. The topological polar surface area (TPSA) is 74.7 Å². The highest BCUT2D eigenvalue weighted by atomic mass is 16.4. The number of benzene rings is 3. The highest BCUT2D eigenvalue weighted by molar-refractivity contribution is 6.15. The first kappa shape index (κ1) is 25.4. The predicted octanol–water partition coefficient (Wildman–Crippen LogP) is 6.52. The SMILES string of the molecule is CC1(C)C(c2ccc(C(=O)O)cc2)=CC[C@]2(C)CN(C(=O)c3ccccc3C(=O)c3ccccc3)CC=C12. The van der Waals surface area contributed by atoms with Gasteiger partial charge in [0, 0.05) is 35.0 Å². The summed E-state index contributed by atoms with van der Waals surface area (Å²) in [5.74, 6) is -1.24. The smallest absolute Gasteiger partial charge is 0.335 e. The van der Waals surface area contributed by atoms with Crippen LogP contribution >= 0.6 is 0 Å². The van der Waals surface area contributed by atoms with E-state index in [4.69, 9.17) is 0 Å². The third-order valence-electron chi connectivity index (χ3n) is 7.98. The van der Waals surface area contributed by atoms with Gasteiger partial charge in [-0.1, -0.05) is 99.2 Å². The lowest BCUT2D eigenvalue weighted by molar-refractivity contribution is 0.0676. The van der Waals surface area contributed by atoms with Gasteiger partial charge < -0.3 is 10.0 Å². The number of fused-ring (bicyclic) bond motifs is 1. The summed E-state index contributed by atoms with van der Waals surface area (Å²) in [6.45, 7) is 7.60. The predicted molar refractivity (Wildman–Crippen MR) is 148 cm³/mol. The normalized spacial score (nSPS) is 20.1. The van der Waals surface area contributed by atoms with Crippen LogP contribution in [0.15, 0.2) is 96.6 Å². The van der Waals surface area contributed by atoms with Crippen molar-refractivity contribution in [3.8, 4) is 0 Å². The Kier molecular flexibility index (Phi) is 6.39. The summed E-state index contributed by atoms with van der Waals surface area (Å²) in [4.78, 5) is 40.2. The Balaban J connectivity index is 1.43. The molecular weight excluding hydrogens is 474 g/mol. The number of carboxylic acids is 1.